The van der Waals surface area contributed by atoms with Gasteiger partial charge in [0.25, 0.3) is 5.56 Å². The van der Waals surface area contributed by atoms with Gasteiger partial charge in [-0.05, 0) is 36.6 Å². The summed E-state index contributed by atoms with van der Waals surface area (Å²) in [4.78, 5) is 14.4. The molecule has 0 aliphatic heterocycles. The lowest BCUT2D eigenvalue weighted by molar-refractivity contribution is 0.348. The third-order valence-electron chi connectivity index (χ3n) is 2.79. The molecule has 0 atom stereocenters. The Labute approximate surface area is 109 Å². The van der Waals surface area contributed by atoms with Crippen molar-refractivity contribution in [3.63, 3.8) is 0 Å². The van der Waals surface area contributed by atoms with Crippen LogP contribution in [0, 0.1) is 6.92 Å². The fraction of sp³-hybridized carbons (Fsp3) is 0.214. The van der Waals surface area contributed by atoms with Crippen LogP contribution in [0.2, 0.25) is 0 Å². The van der Waals surface area contributed by atoms with Crippen molar-refractivity contribution < 1.29 is 9.13 Å². The molecule has 1 aromatic carbocycles. The molecular weight excluding hydrogens is 247 g/mol. The predicted molar refractivity (Wildman–Crippen MR) is 73.0 cm³/mol. The van der Waals surface area contributed by atoms with Gasteiger partial charge in [-0.3, -0.25) is 4.79 Å². The number of rotatable bonds is 4. The van der Waals surface area contributed by atoms with Crippen molar-refractivity contribution in [1.29, 1.82) is 0 Å². The maximum absolute atomic E-state index is 12.4. The SMILES string of the molecule is Cc1cc2cc(OCC(=CF)CN)ccc2c(=O)[nH]1. The van der Waals surface area contributed by atoms with E-state index in [0.29, 0.717) is 23.0 Å². The average Bonchev–Trinajstić information content (AvgIpc) is 2.39. The number of aromatic nitrogens is 1. The zero-order chi connectivity index (χ0) is 13.8. The van der Waals surface area contributed by atoms with E-state index >= 15 is 0 Å². The van der Waals surface area contributed by atoms with E-state index < -0.39 is 0 Å². The minimum atomic E-state index is -0.132. The molecule has 0 spiro atoms. The highest BCUT2D eigenvalue weighted by Gasteiger charge is 2.03. The number of halogens is 1. The van der Waals surface area contributed by atoms with Crippen LogP contribution < -0.4 is 16.0 Å². The second-order valence-electron chi connectivity index (χ2n) is 4.29. The van der Waals surface area contributed by atoms with E-state index in [2.05, 4.69) is 4.98 Å². The highest BCUT2D eigenvalue weighted by molar-refractivity contribution is 5.83. The minimum Gasteiger partial charge on any atom is -0.489 e. The van der Waals surface area contributed by atoms with E-state index in [0.717, 1.165) is 11.1 Å². The zero-order valence-electron chi connectivity index (χ0n) is 10.6. The summed E-state index contributed by atoms with van der Waals surface area (Å²) in [6.07, 6.45) is 0.454. The second kappa shape index (κ2) is 5.67. The highest BCUT2D eigenvalue weighted by atomic mass is 19.1. The van der Waals surface area contributed by atoms with E-state index in [1.54, 1.807) is 18.2 Å². The van der Waals surface area contributed by atoms with Crippen LogP contribution >= 0.6 is 0 Å². The molecule has 0 saturated carbocycles. The molecule has 19 heavy (non-hydrogen) atoms. The maximum Gasteiger partial charge on any atom is 0.256 e. The molecule has 0 bridgehead atoms. The lowest BCUT2D eigenvalue weighted by Crippen LogP contribution is -2.11. The third-order valence-corrected chi connectivity index (χ3v) is 2.79. The number of nitrogens with two attached hydrogens (primary N) is 1. The minimum absolute atomic E-state index is 0.0979. The van der Waals surface area contributed by atoms with Crippen LogP contribution in [0.25, 0.3) is 10.8 Å². The average molecular weight is 262 g/mol. The van der Waals surface area contributed by atoms with Crippen molar-refractivity contribution in [3.05, 3.63) is 52.2 Å². The molecule has 0 radical (unpaired) electrons. The molecule has 4 nitrogen and oxygen atoms in total. The summed E-state index contributed by atoms with van der Waals surface area (Å²) in [5.74, 6) is 0.574. The second-order valence-corrected chi connectivity index (χ2v) is 4.29. The van der Waals surface area contributed by atoms with E-state index in [1.165, 1.54) is 0 Å². The Morgan fingerprint density at radius 3 is 2.95 bits per heavy atom. The lowest BCUT2D eigenvalue weighted by Gasteiger charge is -2.08. The van der Waals surface area contributed by atoms with Crippen LogP contribution in [0.5, 0.6) is 5.75 Å². The van der Waals surface area contributed by atoms with Crippen molar-refractivity contribution in [3.8, 4) is 5.75 Å². The monoisotopic (exact) mass is 262 g/mol. The Morgan fingerprint density at radius 1 is 1.47 bits per heavy atom. The van der Waals surface area contributed by atoms with Gasteiger partial charge in [-0.25, -0.2) is 4.39 Å². The first-order valence-corrected chi connectivity index (χ1v) is 5.88. The van der Waals surface area contributed by atoms with Crippen molar-refractivity contribution in [2.75, 3.05) is 13.2 Å². The molecule has 1 aromatic heterocycles. The van der Waals surface area contributed by atoms with Gasteiger partial charge >= 0.3 is 0 Å². The Kier molecular flexibility index (Phi) is 3.97. The molecule has 2 aromatic rings. The van der Waals surface area contributed by atoms with Crippen LogP contribution in [0.1, 0.15) is 5.69 Å². The fourth-order valence-corrected chi connectivity index (χ4v) is 1.78. The Morgan fingerprint density at radius 2 is 2.26 bits per heavy atom. The first-order chi connectivity index (χ1) is 9.13. The first-order valence-electron chi connectivity index (χ1n) is 5.88. The van der Waals surface area contributed by atoms with Gasteiger partial charge < -0.3 is 15.5 Å². The molecule has 100 valence electrons. The summed E-state index contributed by atoms with van der Waals surface area (Å²) in [6.45, 7) is 2.02. The standard InChI is InChI=1S/C14H15FN2O2/c1-9-4-11-5-12(19-8-10(6-15)7-16)2-3-13(11)14(18)17-9/h2-6H,7-8,16H2,1H3,(H,17,18). The van der Waals surface area contributed by atoms with Gasteiger partial charge in [-0.2, -0.15) is 0 Å². The van der Waals surface area contributed by atoms with Crippen LogP contribution in [0.15, 0.2) is 41.0 Å². The fourth-order valence-electron chi connectivity index (χ4n) is 1.78. The largest absolute Gasteiger partial charge is 0.489 e. The number of hydrogen-bond donors (Lipinski definition) is 2. The van der Waals surface area contributed by atoms with Gasteiger partial charge in [0, 0.05) is 23.2 Å². The number of fused-ring (bicyclic) bond motifs is 1. The number of pyridine rings is 1. The van der Waals surface area contributed by atoms with Gasteiger partial charge in [0.05, 0.1) is 6.33 Å². The Balaban J connectivity index is 2.29. The zero-order valence-corrected chi connectivity index (χ0v) is 10.6. The van der Waals surface area contributed by atoms with Crippen molar-refractivity contribution in [2.24, 2.45) is 5.73 Å². The number of ether oxygens (including phenoxy) is 1. The van der Waals surface area contributed by atoms with Gasteiger partial charge in [-0.15, -0.1) is 0 Å². The number of nitrogens with one attached hydrogen (secondary N) is 1. The Bertz CT molecular complexity index is 677. The Hall–Kier alpha value is -2.14. The summed E-state index contributed by atoms with van der Waals surface area (Å²) in [5.41, 5.74) is 6.37. The van der Waals surface area contributed by atoms with Crippen molar-refractivity contribution in [2.45, 2.75) is 6.92 Å². The molecular formula is C14H15FN2O2. The first kappa shape index (κ1) is 13.3. The molecule has 1 heterocycles. The molecule has 0 aliphatic rings. The van der Waals surface area contributed by atoms with Crippen LogP contribution in [0.3, 0.4) is 0 Å². The van der Waals surface area contributed by atoms with E-state index in [-0.39, 0.29) is 18.7 Å². The number of benzene rings is 1. The van der Waals surface area contributed by atoms with E-state index in [1.807, 2.05) is 13.0 Å². The summed E-state index contributed by atoms with van der Waals surface area (Å²) >= 11 is 0. The molecule has 3 N–H and O–H groups in total. The van der Waals surface area contributed by atoms with Gasteiger partial charge in [-0.1, -0.05) is 0 Å². The third kappa shape index (κ3) is 3.00. The van der Waals surface area contributed by atoms with Gasteiger partial charge in [0.2, 0.25) is 0 Å². The van der Waals surface area contributed by atoms with Crippen LogP contribution in [0.4, 0.5) is 4.39 Å². The van der Waals surface area contributed by atoms with Crippen LogP contribution in [-0.4, -0.2) is 18.1 Å². The summed E-state index contributed by atoms with van der Waals surface area (Å²) in [6, 6.07) is 6.98. The highest BCUT2D eigenvalue weighted by Crippen LogP contribution is 2.19. The van der Waals surface area contributed by atoms with E-state index in [4.69, 9.17) is 10.5 Å². The molecule has 0 aliphatic carbocycles. The molecule has 0 amide bonds. The predicted octanol–water partition coefficient (Wildman–Crippen LogP) is 2.03. The summed E-state index contributed by atoms with van der Waals surface area (Å²) in [7, 11) is 0. The quantitative estimate of drug-likeness (QED) is 0.885. The van der Waals surface area contributed by atoms with Crippen molar-refractivity contribution >= 4 is 10.8 Å². The molecule has 2 rings (SSSR count). The van der Waals surface area contributed by atoms with Gasteiger partial charge in [0.1, 0.15) is 12.4 Å². The topological polar surface area (TPSA) is 68.1 Å². The lowest BCUT2D eigenvalue weighted by atomic mass is 10.1. The molecule has 0 unspecified atom stereocenters. The van der Waals surface area contributed by atoms with Crippen molar-refractivity contribution in [1.82, 2.24) is 4.98 Å². The maximum atomic E-state index is 12.4. The summed E-state index contributed by atoms with van der Waals surface area (Å²) in [5, 5.41) is 1.38. The number of hydrogen-bond acceptors (Lipinski definition) is 3. The molecule has 0 saturated heterocycles. The molecule has 0 fully saturated rings. The summed E-state index contributed by atoms with van der Waals surface area (Å²) < 4.78 is 17.8. The van der Waals surface area contributed by atoms with Crippen LogP contribution in [-0.2, 0) is 0 Å². The normalized spacial score (nSPS) is 11.8. The smallest absolute Gasteiger partial charge is 0.256 e. The number of aryl methyl sites for hydroxylation is 1. The van der Waals surface area contributed by atoms with E-state index in [9.17, 15) is 9.18 Å². The molecule has 5 heteroatoms. The van der Waals surface area contributed by atoms with Gasteiger partial charge in [0.15, 0.2) is 0 Å². The number of H-pyrrole nitrogens is 1. The number of aromatic amines is 1.